The van der Waals surface area contributed by atoms with Crippen LogP contribution in [-0.4, -0.2) is 5.91 Å². The van der Waals surface area contributed by atoms with Crippen LogP contribution in [0.3, 0.4) is 0 Å². The first kappa shape index (κ1) is 15.3. The van der Waals surface area contributed by atoms with Gasteiger partial charge in [-0.25, -0.2) is 0 Å². The van der Waals surface area contributed by atoms with Crippen molar-refractivity contribution >= 4 is 5.91 Å². The number of hydrogen-bond donors (Lipinski definition) is 2. The number of carbonyl (C=O) groups is 1. The third-order valence-corrected chi connectivity index (χ3v) is 3.58. The number of carbonyl (C=O) groups excluding carboxylic acids is 1. The molecule has 110 valence electrons. The predicted molar refractivity (Wildman–Crippen MR) is 85.6 cm³/mol. The molecule has 0 aliphatic heterocycles. The highest BCUT2D eigenvalue weighted by molar-refractivity contribution is 5.77. The second-order valence-corrected chi connectivity index (χ2v) is 5.16. The minimum Gasteiger partial charge on any atom is -0.349 e. The summed E-state index contributed by atoms with van der Waals surface area (Å²) >= 11 is 0. The number of nitrogens with one attached hydrogen (secondary N) is 1. The van der Waals surface area contributed by atoms with Gasteiger partial charge in [0, 0.05) is 12.5 Å². The Morgan fingerprint density at radius 2 is 1.52 bits per heavy atom. The molecule has 0 bridgehead atoms. The molecule has 2 rings (SSSR count). The van der Waals surface area contributed by atoms with Crippen LogP contribution in [0.25, 0.3) is 0 Å². The van der Waals surface area contributed by atoms with Crippen molar-refractivity contribution in [2.24, 2.45) is 5.73 Å². The van der Waals surface area contributed by atoms with Crippen molar-refractivity contribution in [3.05, 3.63) is 71.8 Å². The number of hydrogen-bond acceptors (Lipinski definition) is 2. The average Bonchev–Trinajstić information content (AvgIpc) is 2.54. The molecule has 2 unspecified atom stereocenters. The van der Waals surface area contributed by atoms with Gasteiger partial charge in [-0.15, -0.1) is 0 Å². The molecule has 0 aliphatic carbocycles. The van der Waals surface area contributed by atoms with Crippen molar-refractivity contribution in [2.75, 3.05) is 0 Å². The fraction of sp³-hybridized carbons (Fsp3) is 0.278. The Balaban J connectivity index is 1.94. The predicted octanol–water partition coefficient (Wildman–Crippen LogP) is 3.34. The van der Waals surface area contributed by atoms with E-state index in [-0.39, 0.29) is 18.0 Å². The maximum atomic E-state index is 12.2. The lowest BCUT2D eigenvalue weighted by molar-refractivity contribution is -0.122. The summed E-state index contributed by atoms with van der Waals surface area (Å²) in [5.74, 6) is -0.0120. The summed E-state index contributed by atoms with van der Waals surface area (Å²) in [6.07, 6.45) is 1.16. The minimum absolute atomic E-state index is 0.0120. The maximum absolute atomic E-state index is 12.2. The Hall–Kier alpha value is -2.13. The highest BCUT2D eigenvalue weighted by Crippen LogP contribution is 2.18. The van der Waals surface area contributed by atoms with Gasteiger partial charge in [0.2, 0.25) is 5.91 Å². The summed E-state index contributed by atoms with van der Waals surface area (Å²) in [4.78, 5) is 12.2. The van der Waals surface area contributed by atoms with Crippen LogP contribution in [0.2, 0.25) is 0 Å². The zero-order valence-electron chi connectivity index (χ0n) is 12.3. The van der Waals surface area contributed by atoms with Crippen LogP contribution < -0.4 is 11.1 Å². The van der Waals surface area contributed by atoms with E-state index in [1.54, 1.807) is 0 Å². The third-order valence-electron chi connectivity index (χ3n) is 3.58. The lowest BCUT2D eigenvalue weighted by Crippen LogP contribution is -2.30. The first-order valence-corrected chi connectivity index (χ1v) is 7.35. The van der Waals surface area contributed by atoms with Crippen LogP contribution in [0.1, 0.15) is 43.0 Å². The van der Waals surface area contributed by atoms with Gasteiger partial charge in [0.15, 0.2) is 0 Å². The van der Waals surface area contributed by atoms with Crippen molar-refractivity contribution in [1.82, 2.24) is 5.32 Å². The summed E-state index contributed by atoms with van der Waals surface area (Å²) in [6.45, 7) is 2.06. The molecule has 0 saturated carbocycles. The fourth-order valence-electron chi connectivity index (χ4n) is 2.38. The first-order valence-electron chi connectivity index (χ1n) is 7.35. The summed E-state index contributed by atoms with van der Waals surface area (Å²) < 4.78 is 0. The summed E-state index contributed by atoms with van der Waals surface area (Å²) in [6, 6.07) is 19.5. The van der Waals surface area contributed by atoms with E-state index >= 15 is 0 Å². The van der Waals surface area contributed by atoms with Crippen LogP contribution >= 0.6 is 0 Å². The molecule has 0 aromatic heterocycles. The first-order chi connectivity index (χ1) is 10.2. The molecule has 1 amide bonds. The lowest BCUT2D eigenvalue weighted by Gasteiger charge is -2.19. The molecule has 0 radical (unpaired) electrons. The third kappa shape index (κ3) is 4.43. The van der Waals surface area contributed by atoms with Gasteiger partial charge in [-0.1, -0.05) is 67.6 Å². The summed E-state index contributed by atoms with van der Waals surface area (Å²) in [7, 11) is 0. The highest BCUT2D eigenvalue weighted by Gasteiger charge is 2.15. The quantitative estimate of drug-likeness (QED) is 0.853. The van der Waals surface area contributed by atoms with Gasteiger partial charge in [0.05, 0.1) is 6.04 Å². The Morgan fingerprint density at radius 3 is 2.05 bits per heavy atom. The van der Waals surface area contributed by atoms with E-state index in [0.29, 0.717) is 6.42 Å². The van der Waals surface area contributed by atoms with Gasteiger partial charge < -0.3 is 11.1 Å². The number of benzene rings is 2. The number of amides is 1. The van der Waals surface area contributed by atoms with Crippen LogP contribution in [0, 0.1) is 0 Å². The highest BCUT2D eigenvalue weighted by atomic mass is 16.1. The second kappa shape index (κ2) is 7.60. The van der Waals surface area contributed by atoms with Gasteiger partial charge in [-0.05, 0) is 17.5 Å². The molecule has 2 atom stereocenters. The molecule has 0 fully saturated rings. The van der Waals surface area contributed by atoms with Gasteiger partial charge in [0.1, 0.15) is 0 Å². The molecule has 21 heavy (non-hydrogen) atoms. The SMILES string of the molecule is CCC(NC(=O)CC(N)c1ccccc1)c1ccccc1. The van der Waals surface area contributed by atoms with E-state index < -0.39 is 0 Å². The van der Waals surface area contributed by atoms with Crippen molar-refractivity contribution in [3.63, 3.8) is 0 Å². The van der Waals surface area contributed by atoms with Crippen LogP contribution in [0.5, 0.6) is 0 Å². The van der Waals surface area contributed by atoms with E-state index in [9.17, 15) is 4.79 Å². The fourth-order valence-corrected chi connectivity index (χ4v) is 2.38. The zero-order valence-corrected chi connectivity index (χ0v) is 12.3. The van der Waals surface area contributed by atoms with Crippen LogP contribution in [0.4, 0.5) is 0 Å². The largest absolute Gasteiger partial charge is 0.349 e. The summed E-state index contributed by atoms with van der Waals surface area (Å²) in [5.41, 5.74) is 8.20. The van der Waals surface area contributed by atoms with E-state index in [0.717, 1.165) is 17.5 Å². The standard InChI is InChI=1S/C18H22N2O/c1-2-17(15-11-7-4-8-12-15)20-18(21)13-16(19)14-9-5-3-6-10-14/h3-12,16-17H,2,13,19H2,1H3,(H,20,21). The Kier molecular flexibility index (Phi) is 5.52. The molecule has 3 heteroatoms. The Morgan fingerprint density at radius 1 is 1.00 bits per heavy atom. The lowest BCUT2D eigenvalue weighted by atomic mass is 10.0. The number of nitrogens with two attached hydrogens (primary N) is 1. The van der Waals surface area contributed by atoms with E-state index in [2.05, 4.69) is 12.2 Å². The van der Waals surface area contributed by atoms with Gasteiger partial charge in [0.25, 0.3) is 0 Å². The van der Waals surface area contributed by atoms with Crippen molar-refractivity contribution < 1.29 is 4.79 Å². The minimum atomic E-state index is -0.264. The molecule has 3 N–H and O–H groups in total. The van der Waals surface area contributed by atoms with Crippen LogP contribution in [0.15, 0.2) is 60.7 Å². The molecular formula is C18H22N2O. The van der Waals surface area contributed by atoms with Crippen molar-refractivity contribution in [2.45, 2.75) is 31.8 Å². The molecule has 0 aliphatic rings. The van der Waals surface area contributed by atoms with E-state index in [4.69, 9.17) is 5.73 Å². The number of rotatable bonds is 6. The second-order valence-electron chi connectivity index (χ2n) is 5.16. The monoisotopic (exact) mass is 282 g/mol. The van der Waals surface area contributed by atoms with Crippen molar-refractivity contribution in [1.29, 1.82) is 0 Å². The van der Waals surface area contributed by atoms with Crippen molar-refractivity contribution in [3.8, 4) is 0 Å². The maximum Gasteiger partial charge on any atom is 0.222 e. The Bertz CT molecular complexity index is 554. The molecule has 3 nitrogen and oxygen atoms in total. The normalized spacial score (nSPS) is 13.4. The molecule has 0 heterocycles. The van der Waals surface area contributed by atoms with E-state index in [1.807, 2.05) is 60.7 Å². The average molecular weight is 282 g/mol. The molecule has 0 spiro atoms. The van der Waals surface area contributed by atoms with Crippen LogP contribution in [-0.2, 0) is 4.79 Å². The Labute approximate surface area is 126 Å². The zero-order chi connectivity index (χ0) is 15.1. The molecule has 0 saturated heterocycles. The summed E-state index contributed by atoms with van der Waals surface area (Å²) in [5, 5.41) is 3.06. The topological polar surface area (TPSA) is 55.1 Å². The molecule has 2 aromatic carbocycles. The van der Waals surface area contributed by atoms with Gasteiger partial charge >= 0.3 is 0 Å². The smallest absolute Gasteiger partial charge is 0.222 e. The molecule has 2 aromatic rings. The van der Waals surface area contributed by atoms with E-state index in [1.165, 1.54) is 0 Å². The van der Waals surface area contributed by atoms with Gasteiger partial charge in [-0.3, -0.25) is 4.79 Å². The molecular weight excluding hydrogens is 260 g/mol. The van der Waals surface area contributed by atoms with Gasteiger partial charge in [-0.2, -0.15) is 0 Å².